The summed E-state index contributed by atoms with van der Waals surface area (Å²) in [6, 6.07) is 3.77. The number of hydrogen-bond acceptors (Lipinski definition) is 5. The number of ether oxygens (including phenoxy) is 1. The number of nitro groups is 1. The molecule has 20 heavy (non-hydrogen) atoms. The van der Waals surface area contributed by atoms with Crippen molar-refractivity contribution in [3.8, 4) is 0 Å². The summed E-state index contributed by atoms with van der Waals surface area (Å²) in [5.74, 6) is -1.11. The second kappa shape index (κ2) is 5.87. The van der Waals surface area contributed by atoms with Gasteiger partial charge in [0.1, 0.15) is 0 Å². The molecule has 0 spiro atoms. The van der Waals surface area contributed by atoms with Crippen molar-refractivity contribution in [1.82, 2.24) is 0 Å². The number of carbonyl (C=O) groups is 1. The highest BCUT2D eigenvalue weighted by molar-refractivity contribution is 5.94. The van der Waals surface area contributed by atoms with Crippen LogP contribution in [0.25, 0.3) is 0 Å². The maximum Gasteiger partial charge on any atom is 0.337 e. The number of nitro benzene ring substituents is 1. The average Bonchev–Trinajstić information content (AvgIpc) is 2.38. The van der Waals surface area contributed by atoms with Gasteiger partial charge in [-0.15, -0.1) is 0 Å². The number of rotatable bonds is 4. The Morgan fingerprint density at radius 2 is 2.30 bits per heavy atom. The summed E-state index contributed by atoms with van der Waals surface area (Å²) in [4.78, 5) is 21.4. The van der Waals surface area contributed by atoms with Gasteiger partial charge < -0.3 is 15.2 Å². The minimum atomic E-state index is -1.11. The zero-order valence-electron chi connectivity index (χ0n) is 11.0. The number of hydrogen-bond donors (Lipinski definition) is 2. The first-order valence-corrected chi connectivity index (χ1v) is 6.37. The van der Waals surface area contributed by atoms with E-state index in [1.54, 1.807) is 0 Å². The topological polar surface area (TPSA) is 102 Å². The number of nitrogens with zero attached hydrogens (tertiary/aromatic N) is 1. The van der Waals surface area contributed by atoms with Gasteiger partial charge in [0.05, 0.1) is 22.3 Å². The summed E-state index contributed by atoms with van der Waals surface area (Å²) in [5, 5.41) is 23.0. The van der Waals surface area contributed by atoms with Gasteiger partial charge in [-0.05, 0) is 25.8 Å². The van der Waals surface area contributed by atoms with Crippen LogP contribution in [0, 0.1) is 10.1 Å². The molecule has 0 bridgehead atoms. The SMILES string of the molecule is CC1CC(Nc2cc([N+](=O)[O-])ccc2C(=O)O)CCO1. The van der Waals surface area contributed by atoms with Crippen LogP contribution in [-0.4, -0.2) is 34.8 Å². The van der Waals surface area contributed by atoms with Crippen molar-refractivity contribution in [1.29, 1.82) is 0 Å². The Hall–Kier alpha value is -2.15. The van der Waals surface area contributed by atoms with E-state index in [2.05, 4.69) is 5.32 Å². The molecule has 0 saturated carbocycles. The van der Waals surface area contributed by atoms with E-state index >= 15 is 0 Å². The van der Waals surface area contributed by atoms with Crippen LogP contribution >= 0.6 is 0 Å². The molecule has 7 heteroatoms. The van der Waals surface area contributed by atoms with Crippen LogP contribution in [0.2, 0.25) is 0 Å². The maximum atomic E-state index is 11.2. The number of anilines is 1. The number of benzene rings is 1. The third-order valence-electron chi connectivity index (χ3n) is 3.29. The van der Waals surface area contributed by atoms with Crippen LogP contribution in [0.5, 0.6) is 0 Å². The summed E-state index contributed by atoms with van der Waals surface area (Å²) >= 11 is 0. The molecule has 1 aliphatic rings. The van der Waals surface area contributed by atoms with Gasteiger partial charge in [-0.1, -0.05) is 0 Å². The second-order valence-corrected chi connectivity index (χ2v) is 4.84. The molecule has 0 amide bonds. The van der Waals surface area contributed by atoms with Gasteiger partial charge in [0.25, 0.3) is 5.69 Å². The van der Waals surface area contributed by atoms with E-state index in [9.17, 15) is 14.9 Å². The Kier molecular flexibility index (Phi) is 4.19. The standard InChI is InChI=1S/C13H16N2O5/c1-8-6-9(4-5-20-8)14-12-7-10(15(18)19)2-3-11(12)13(16)17/h2-3,7-9,14H,4-6H2,1H3,(H,16,17). The fourth-order valence-electron chi connectivity index (χ4n) is 2.30. The molecule has 2 N–H and O–H groups in total. The predicted octanol–water partition coefficient (Wildman–Crippen LogP) is 2.27. The number of carboxylic acids is 1. The number of carboxylic acid groups (broad SMARTS) is 1. The molecule has 1 fully saturated rings. The number of aromatic carboxylic acids is 1. The molecule has 1 saturated heterocycles. The van der Waals surface area contributed by atoms with Crippen molar-refractivity contribution in [2.24, 2.45) is 0 Å². The molecule has 1 aliphatic heterocycles. The molecular formula is C13H16N2O5. The smallest absolute Gasteiger partial charge is 0.337 e. The predicted molar refractivity (Wildman–Crippen MR) is 72.1 cm³/mol. The minimum Gasteiger partial charge on any atom is -0.478 e. The van der Waals surface area contributed by atoms with Crippen molar-refractivity contribution in [3.05, 3.63) is 33.9 Å². The fourth-order valence-corrected chi connectivity index (χ4v) is 2.30. The minimum absolute atomic E-state index is 0.0368. The van der Waals surface area contributed by atoms with Crippen LogP contribution in [-0.2, 0) is 4.74 Å². The first kappa shape index (κ1) is 14.3. The highest BCUT2D eigenvalue weighted by atomic mass is 16.6. The second-order valence-electron chi connectivity index (χ2n) is 4.84. The molecule has 1 heterocycles. The first-order chi connectivity index (χ1) is 9.47. The zero-order valence-corrected chi connectivity index (χ0v) is 11.0. The van der Waals surface area contributed by atoms with Gasteiger partial charge in [-0.3, -0.25) is 10.1 Å². The Labute approximate surface area is 115 Å². The van der Waals surface area contributed by atoms with E-state index < -0.39 is 10.9 Å². The van der Waals surface area contributed by atoms with E-state index in [1.807, 2.05) is 6.92 Å². The lowest BCUT2D eigenvalue weighted by Crippen LogP contribution is -2.33. The summed E-state index contributed by atoms with van der Waals surface area (Å²) in [6.45, 7) is 2.54. The van der Waals surface area contributed by atoms with Crippen LogP contribution in [0.1, 0.15) is 30.1 Å². The third-order valence-corrected chi connectivity index (χ3v) is 3.29. The van der Waals surface area contributed by atoms with E-state index in [4.69, 9.17) is 9.84 Å². The van der Waals surface area contributed by atoms with Crippen molar-refractivity contribution < 1.29 is 19.6 Å². The molecule has 1 aromatic carbocycles. The Morgan fingerprint density at radius 3 is 2.90 bits per heavy atom. The lowest BCUT2D eigenvalue weighted by molar-refractivity contribution is -0.384. The normalized spacial score (nSPS) is 22.2. The maximum absolute atomic E-state index is 11.2. The molecular weight excluding hydrogens is 264 g/mol. The van der Waals surface area contributed by atoms with Crippen molar-refractivity contribution in [3.63, 3.8) is 0 Å². The van der Waals surface area contributed by atoms with Crippen molar-refractivity contribution in [2.45, 2.75) is 31.9 Å². The Morgan fingerprint density at radius 1 is 1.55 bits per heavy atom. The van der Waals surface area contributed by atoms with Crippen molar-refractivity contribution >= 4 is 17.3 Å². The van der Waals surface area contributed by atoms with Gasteiger partial charge in [-0.2, -0.15) is 0 Å². The fraction of sp³-hybridized carbons (Fsp3) is 0.462. The van der Waals surface area contributed by atoms with Crippen LogP contribution in [0.4, 0.5) is 11.4 Å². The monoisotopic (exact) mass is 280 g/mol. The summed E-state index contributed by atoms with van der Waals surface area (Å²) in [5.41, 5.74) is 0.193. The van der Waals surface area contributed by atoms with E-state index in [0.717, 1.165) is 12.8 Å². The largest absolute Gasteiger partial charge is 0.478 e. The van der Waals surface area contributed by atoms with Gasteiger partial charge >= 0.3 is 5.97 Å². The highest BCUT2D eigenvalue weighted by Gasteiger charge is 2.22. The van der Waals surface area contributed by atoms with Gasteiger partial charge in [0.2, 0.25) is 0 Å². The quantitative estimate of drug-likeness (QED) is 0.648. The van der Waals surface area contributed by atoms with E-state index in [-0.39, 0.29) is 29.1 Å². The van der Waals surface area contributed by atoms with E-state index in [0.29, 0.717) is 6.61 Å². The van der Waals surface area contributed by atoms with Crippen molar-refractivity contribution in [2.75, 3.05) is 11.9 Å². The van der Waals surface area contributed by atoms with Gasteiger partial charge in [-0.25, -0.2) is 4.79 Å². The lowest BCUT2D eigenvalue weighted by Gasteiger charge is -2.29. The molecule has 108 valence electrons. The number of non-ortho nitro benzene ring substituents is 1. The molecule has 0 radical (unpaired) electrons. The van der Waals surface area contributed by atoms with Crippen LogP contribution in [0.3, 0.4) is 0 Å². The molecule has 2 rings (SSSR count). The van der Waals surface area contributed by atoms with E-state index in [1.165, 1.54) is 18.2 Å². The molecule has 0 aliphatic carbocycles. The molecule has 0 aromatic heterocycles. The molecule has 1 aromatic rings. The van der Waals surface area contributed by atoms with Crippen LogP contribution in [0.15, 0.2) is 18.2 Å². The third kappa shape index (κ3) is 3.24. The summed E-state index contributed by atoms with van der Waals surface area (Å²) in [7, 11) is 0. The van der Waals surface area contributed by atoms with Crippen LogP contribution < -0.4 is 5.32 Å². The molecule has 7 nitrogen and oxygen atoms in total. The Bertz CT molecular complexity index is 531. The number of nitrogens with one attached hydrogen (secondary N) is 1. The highest BCUT2D eigenvalue weighted by Crippen LogP contribution is 2.26. The Balaban J connectivity index is 2.25. The van der Waals surface area contributed by atoms with Gasteiger partial charge in [0.15, 0.2) is 0 Å². The lowest BCUT2D eigenvalue weighted by atomic mass is 10.0. The summed E-state index contributed by atoms with van der Waals surface area (Å²) in [6.07, 6.45) is 1.57. The van der Waals surface area contributed by atoms with Gasteiger partial charge in [0, 0.05) is 24.8 Å². The molecule has 2 atom stereocenters. The molecule has 2 unspecified atom stereocenters. The average molecular weight is 280 g/mol. The first-order valence-electron chi connectivity index (χ1n) is 6.37. The zero-order chi connectivity index (χ0) is 14.7. The summed E-state index contributed by atoms with van der Waals surface area (Å²) < 4.78 is 5.42.